The lowest BCUT2D eigenvalue weighted by Gasteiger charge is -2.42. The first-order chi connectivity index (χ1) is 15.8. The van der Waals surface area contributed by atoms with Crippen molar-refractivity contribution in [1.82, 2.24) is 0 Å². The molecule has 2 N–H and O–H groups in total. The molecule has 6 nitrogen and oxygen atoms in total. The zero-order valence-electron chi connectivity index (χ0n) is 18.6. The van der Waals surface area contributed by atoms with Crippen LogP contribution in [0.25, 0.3) is 0 Å². The zero-order chi connectivity index (χ0) is 23.5. The van der Waals surface area contributed by atoms with Gasteiger partial charge in [-0.3, -0.25) is 4.79 Å². The van der Waals surface area contributed by atoms with Crippen LogP contribution in [0.4, 0.5) is 17.1 Å². The SMILES string of the molecule is Cc1cccc(N2CCN(c3ccc(NC(=O)c4ccc(Cl)cc4)cc3C(=O)O)C[C@@H]2C)c1. The number of nitrogens with one attached hydrogen (secondary N) is 1. The van der Waals surface area contributed by atoms with Gasteiger partial charge in [0.15, 0.2) is 0 Å². The number of nitrogens with zero attached hydrogens (tertiary/aromatic N) is 2. The molecule has 33 heavy (non-hydrogen) atoms. The van der Waals surface area contributed by atoms with Crippen LogP contribution in [0.3, 0.4) is 0 Å². The van der Waals surface area contributed by atoms with Gasteiger partial charge in [-0.25, -0.2) is 4.79 Å². The van der Waals surface area contributed by atoms with E-state index in [1.807, 2.05) is 0 Å². The van der Waals surface area contributed by atoms with Crippen LogP contribution in [0.15, 0.2) is 66.7 Å². The molecule has 0 radical (unpaired) electrons. The molecule has 0 aromatic heterocycles. The van der Waals surface area contributed by atoms with Crippen molar-refractivity contribution in [2.45, 2.75) is 19.9 Å². The quantitative estimate of drug-likeness (QED) is 0.536. The number of rotatable bonds is 5. The van der Waals surface area contributed by atoms with Crippen molar-refractivity contribution in [3.63, 3.8) is 0 Å². The molecule has 3 aromatic rings. The second-order valence-corrected chi connectivity index (χ2v) is 8.76. The number of benzene rings is 3. The number of carbonyl (C=O) groups is 2. The summed E-state index contributed by atoms with van der Waals surface area (Å²) in [5, 5.41) is 13.2. The Balaban J connectivity index is 1.52. The van der Waals surface area contributed by atoms with Gasteiger partial charge >= 0.3 is 5.97 Å². The van der Waals surface area contributed by atoms with Crippen LogP contribution >= 0.6 is 11.6 Å². The summed E-state index contributed by atoms with van der Waals surface area (Å²) in [4.78, 5) is 29.0. The first-order valence-electron chi connectivity index (χ1n) is 10.8. The number of carbonyl (C=O) groups excluding carboxylic acids is 1. The van der Waals surface area contributed by atoms with Crippen LogP contribution in [-0.4, -0.2) is 42.7 Å². The molecule has 1 aliphatic heterocycles. The summed E-state index contributed by atoms with van der Waals surface area (Å²) in [5.74, 6) is -1.35. The minimum absolute atomic E-state index is 0.167. The van der Waals surface area contributed by atoms with Crippen molar-refractivity contribution in [3.8, 4) is 0 Å². The standard InChI is InChI=1S/C26H26ClN3O3/c1-17-4-3-5-22(14-17)30-13-12-29(16-18(30)2)24-11-10-21(15-23(24)26(32)33)28-25(31)19-6-8-20(27)9-7-19/h3-11,14-15,18H,12-13,16H2,1-2H3,(H,28,31)(H,32,33)/t18-/m0/s1. The van der Waals surface area contributed by atoms with E-state index in [1.165, 1.54) is 17.3 Å². The molecule has 4 rings (SSSR count). The Kier molecular flexibility index (Phi) is 6.56. The predicted octanol–water partition coefficient (Wildman–Crippen LogP) is 5.31. The fourth-order valence-electron chi connectivity index (χ4n) is 4.23. The van der Waals surface area contributed by atoms with Crippen LogP contribution < -0.4 is 15.1 Å². The van der Waals surface area contributed by atoms with Gasteiger partial charge in [0, 0.05) is 47.6 Å². The first kappa shape index (κ1) is 22.7. The maximum absolute atomic E-state index is 12.5. The topological polar surface area (TPSA) is 72.9 Å². The van der Waals surface area contributed by atoms with Crippen molar-refractivity contribution in [1.29, 1.82) is 0 Å². The number of aryl methyl sites for hydroxylation is 1. The Morgan fingerprint density at radius 1 is 1.03 bits per heavy atom. The van der Waals surface area contributed by atoms with E-state index in [0.29, 0.717) is 35.1 Å². The highest BCUT2D eigenvalue weighted by Gasteiger charge is 2.27. The molecule has 1 aliphatic rings. The molecule has 3 aromatic carbocycles. The fourth-order valence-corrected chi connectivity index (χ4v) is 4.36. The summed E-state index contributed by atoms with van der Waals surface area (Å²) in [6.45, 7) is 6.42. The van der Waals surface area contributed by atoms with E-state index in [1.54, 1.807) is 36.4 Å². The third-order valence-corrected chi connectivity index (χ3v) is 6.14. The Morgan fingerprint density at radius 2 is 1.79 bits per heavy atom. The predicted molar refractivity (Wildman–Crippen MR) is 133 cm³/mol. The minimum Gasteiger partial charge on any atom is -0.478 e. The van der Waals surface area contributed by atoms with E-state index in [-0.39, 0.29) is 17.5 Å². The van der Waals surface area contributed by atoms with Crippen molar-refractivity contribution in [2.24, 2.45) is 0 Å². The zero-order valence-corrected chi connectivity index (χ0v) is 19.3. The second-order valence-electron chi connectivity index (χ2n) is 8.33. The molecule has 1 saturated heterocycles. The van der Waals surface area contributed by atoms with E-state index in [4.69, 9.17) is 11.6 Å². The van der Waals surface area contributed by atoms with Crippen LogP contribution in [0, 0.1) is 6.92 Å². The lowest BCUT2D eigenvalue weighted by atomic mass is 10.1. The Labute approximate surface area is 198 Å². The number of aromatic carboxylic acids is 1. The van der Waals surface area contributed by atoms with Gasteiger partial charge in [0.1, 0.15) is 0 Å². The molecule has 0 saturated carbocycles. The number of anilines is 3. The van der Waals surface area contributed by atoms with E-state index in [9.17, 15) is 14.7 Å². The second kappa shape index (κ2) is 9.55. The molecule has 1 fully saturated rings. The fraction of sp³-hybridized carbons (Fsp3) is 0.231. The van der Waals surface area contributed by atoms with Gasteiger partial charge in [0.05, 0.1) is 11.3 Å². The number of hydrogen-bond acceptors (Lipinski definition) is 4. The third-order valence-electron chi connectivity index (χ3n) is 5.89. The highest BCUT2D eigenvalue weighted by Crippen LogP contribution is 2.29. The number of amides is 1. The van der Waals surface area contributed by atoms with Gasteiger partial charge in [0.2, 0.25) is 0 Å². The molecule has 0 spiro atoms. The van der Waals surface area contributed by atoms with Crippen molar-refractivity contribution < 1.29 is 14.7 Å². The van der Waals surface area contributed by atoms with E-state index < -0.39 is 5.97 Å². The van der Waals surface area contributed by atoms with Crippen LogP contribution in [0.1, 0.15) is 33.2 Å². The molecule has 0 unspecified atom stereocenters. The average molecular weight is 464 g/mol. The summed E-state index contributed by atoms with van der Waals surface area (Å²) < 4.78 is 0. The van der Waals surface area contributed by atoms with E-state index in [0.717, 1.165) is 6.54 Å². The number of carboxylic acid groups (broad SMARTS) is 1. The maximum atomic E-state index is 12.5. The lowest BCUT2D eigenvalue weighted by molar-refractivity contribution is 0.0697. The summed E-state index contributed by atoms with van der Waals surface area (Å²) in [7, 11) is 0. The molecule has 7 heteroatoms. The average Bonchev–Trinajstić information content (AvgIpc) is 2.79. The maximum Gasteiger partial charge on any atom is 0.337 e. The highest BCUT2D eigenvalue weighted by atomic mass is 35.5. The number of piperazine rings is 1. The van der Waals surface area contributed by atoms with Crippen LogP contribution in [0.5, 0.6) is 0 Å². The molecule has 170 valence electrons. The van der Waals surface area contributed by atoms with Gasteiger partial charge in [-0.05, 0) is 74.0 Å². The number of carboxylic acids is 1. The Bertz CT molecular complexity index is 1180. The largest absolute Gasteiger partial charge is 0.478 e. The monoisotopic (exact) mass is 463 g/mol. The van der Waals surface area contributed by atoms with Gasteiger partial charge < -0.3 is 20.2 Å². The molecular formula is C26H26ClN3O3. The molecule has 1 amide bonds. The van der Waals surface area contributed by atoms with Crippen LogP contribution in [0.2, 0.25) is 5.02 Å². The molecular weight excluding hydrogens is 438 g/mol. The molecule has 0 bridgehead atoms. The van der Waals surface area contributed by atoms with Crippen molar-refractivity contribution in [2.75, 3.05) is 34.8 Å². The lowest BCUT2D eigenvalue weighted by Crippen LogP contribution is -2.52. The molecule has 1 heterocycles. The van der Waals surface area contributed by atoms with Gasteiger partial charge in [-0.15, -0.1) is 0 Å². The normalized spacial score (nSPS) is 15.9. The van der Waals surface area contributed by atoms with E-state index >= 15 is 0 Å². The summed E-state index contributed by atoms with van der Waals surface area (Å²) in [6.07, 6.45) is 0. The highest BCUT2D eigenvalue weighted by molar-refractivity contribution is 6.30. The van der Waals surface area contributed by atoms with Gasteiger partial charge in [0.25, 0.3) is 5.91 Å². The van der Waals surface area contributed by atoms with E-state index in [2.05, 4.69) is 53.2 Å². The Morgan fingerprint density at radius 3 is 2.45 bits per heavy atom. The van der Waals surface area contributed by atoms with Gasteiger partial charge in [-0.2, -0.15) is 0 Å². The number of halogens is 1. The smallest absolute Gasteiger partial charge is 0.337 e. The van der Waals surface area contributed by atoms with Crippen LogP contribution in [-0.2, 0) is 0 Å². The molecule has 0 aliphatic carbocycles. The first-order valence-corrected chi connectivity index (χ1v) is 11.2. The molecule has 1 atom stereocenters. The summed E-state index contributed by atoms with van der Waals surface area (Å²) in [5.41, 5.74) is 4.10. The third kappa shape index (κ3) is 5.12. The Hall–Kier alpha value is -3.51. The number of hydrogen-bond donors (Lipinski definition) is 2. The summed E-state index contributed by atoms with van der Waals surface area (Å²) in [6, 6.07) is 20.2. The van der Waals surface area contributed by atoms with Crippen molar-refractivity contribution >= 4 is 40.5 Å². The van der Waals surface area contributed by atoms with Crippen molar-refractivity contribution in [3.05, 3.63) is 88.4 Å². The summed E-state index contributed by atoms with van der Waals surface area (Å²) >= 11 is 5.88. The minimum atomic E-state index is -1.03. The van der Waals surface area contributed by atoms with Gasteiger partial charge in [-0.1, -0.05) is 23.7 Å².